The van der Waals surface area contributed by atoms with Gasteiger partial charge in [-0.3, -0.25) is 0 Å². The third-order valence-electron chi connectivity index (χ3n) is 2.67. The SMILES string of the molecule is COCCCCOc1ccc([C@H](C)O)cc1OC. The van der Waals surface area contributed by atoms with Gasteiger partial charge < -0.3 is 19.3 Å². The van der Waals surface area contributed by atoms with Gasteiger partial charge in [-0.1, -0.05) is 6.07 Å². The summed E-state index contributed by atoms with van der Waals surface area (Å²) in [7, 11) is 3.29. The molecule has 0 spiro atoms. The molecule has 0 saturated heterocycles. The van der Waals surface area contributed by atoms with Crippen LogP contribution in [0.5, 0.6) is 11.5 Å². The minimum atomic E-state index is -0.505. The lowest BCUT2D eigenvalue weighted by Gasteiger charge is -2.13. The van der Waals surface area contributed by atoms with Crippen molar-refractivity contribution in [3.05, 3.63) is 23.8 Å². The summed E-state index contributed by atoms with van der Waals surface area (Å²) in [5.41, 5.74) is 0.818. The number of unbranched alkanes of at least 4 members (excludes halogenated alkanes) is 1. The van der Waals surface area contributed by atoms with Gasteiger partial charge in [0.05, 0.1) is 19.8 Å². The predicted molar refractivity (Wildman–Crippen MR) is 70.2 cm³/mol. The molecule has 0 heterocycles. The molecule has 1 rings (SSSR count). The zero-order valence-electron chi connectivity index (χ0n) is 11.3. The van der Waals surface area contributed by atoms with Crippen LogP contribution in [0.3, 0.4) is 0 Å². The van der Waals surface area contributed by atoms with Crippen LogP contribution < -0.4 is 9.47 Å². The number of aliphatic hydroxyl groups excluding tert-OH is 1. The first-order valence-corrected chi connectivity index (χ1v) is 6.16. The molecule has 1 aromatic carbocycles. The fourth-order valence-corrected chi connectivity index (χ4v) is 1.59. The Hall–Kier alpha value is -1.26. The summed E-state index contributed by atoms with van der Waals surface area (Å²) >= 11 is 0. The van der Waals surface area contributed by atoms with Crippen molar-refractivity contribution in [1.82, 2.24) is 0 Å². The van der Waals surface area contributed by atoms with E-state index in [0.717, 1.165) is 25.0 Å². The summed E-state index contributed by atoms with van der Waals surface area (Å²) < 4.78 is 15.9. The Kier molecular flexibility index (Phi) is 6.54. The molecule has 0 aliphatic carbocycles. The molecular weight excluding hydrogens is 232 g/mol. The lowest BCUT2D eigenvalue weighted by Crippen LogP contribution is -2.02. The highest BCUT2D eigenvalue weighted by Crippen LogP contribution is 2.30. The van der Waals surface area contributed by atoms with E-state index in [-0.39, 0.29) is 0 Å². The number of methoxy groups -OCH3 is 2. The average Bonchev–Trinajstić information content (AvgIpc) is 2.38. The number of ether oxygens (including phenoxy) is 3. The minimum Gasteiger partial charge on any atom is -0.493 e. The summed E-state index contributed by atoms with van der Waals surface area (Å²) in [5, 5.41) is 9.50. The zero-order valence-corrected chi connectivity index (χ0v) is 11.3. The quantitative estimate of drug-likeness (QED) is 0.724. The highest BCUT2D eigenvalue weighted by Gasteiger charge is 2.08. The topological polar surface area (TPSA) is 47.9 Å². The van der Waals surface area contributed by atoms with E-state index in [4.69, 9.17) is 14.2 Å². The lowest BCUT2D eigenvalue weighted by molar-refractivity contribution is 0.183. The Labute approximate surface area is 108 Å². The molecule has 0 aliphatic rings. The molecule has 4 nitrogen and oxygen atoms in total. The van der Waals surface area contributed by atoms with Crippen molar-refractivity contribution < 1.29 is 19.3 Å². The third-order valence-corrected chi connectivity index (χ3v) is 2.67. The maximum Gasteiger partial charge on any atom is 0.161 e. The highest BCUT2D eigenvalue weighted by molar-refractivity contribution is 5.43. The molecule has 0 radical (unpaired) electrons. The van der Waals surface area contributed by atoms with E-state index < -0.39 is 6.10 Å². The van der Waals surface area contributed by atoms with Crippen molar-refractivity contribution in [2.45, 2.75) is 25.9 Å². The maximum absolute atomic E-state index is 9.50. The van der Waals surface area contributed by atoms with E-state index in [9.17, 15) is 5.11 Å². The van der Waals surface area contributed by atoms with Crippen LogP contribution in [0, 0.1) is 0 Å². The number of benzene rings is 1. The zero-order chi connectivity index (χ0) is 13.4. The van der Waals surface area contributed by atoms with E-state index in [1.165, 1.54) is 0 Å². The van der Waals surface area contributed by atoms with Gasteiger partial charge in [0.2, 0.25) is 0 Å². The first kappa shape index (κ1) is 14.8. The molecule has 0 unspecified atom stereocenters. The van der Waals surface area contributed by atoms with E-state index in [2.05, 4.69) is 0 Å². The molecule has 102 valence electrons. The first-order valence-electron chi connectivity index (χ1n) is 6.16. The monoisotopic (exact) mass is 254 g/mol. The molecule has 18 heavy (non-hydrogen) atoms. The molecule has 0 amide bonds. The Morgan fingerprint density at radius 3 is 2.44 bits per heavy atom. The van der Waals surface area contributed by atoms with Crippen molar-refractivity contribution in [3.8, 4) is 11.5 Å². The van der Waals surface area contributed by atoms with Gasteiger partial charge in [0.15, 0.2) is 11.5 Å². The molecule has 0 bridgehead atoms. The largest absolute Gasteiger partial charge is 0.493 e. The smallest absolute Gasteiger partial charge is 0.161 e. The molecule has 1 N–H and O–H groups in total. The van der Waals surface area contributed by atoms with Gasteiger partial charge in [0.25, 0.3) is 0 Å². The van der Waals surface area contributed by atoms with Gasteiger partial charge in [0.1, 0.15) is 0 Å². The second-order valence-corrected chi connectivity index (χ2v) is 4.13. The van der Waals surface area contributed by atoms with Crippen LogP contribution in [0.4, 0.5) is 0 Å². The van der Waals surface area contributed by atoms with Crippen LogP contribution in [0.1, 0.15) is 31.4 Å². The van der Waals surface area contributed by atoms with Crippen LogP contribution in [0.15, 0.2) is 18.2 Å². The molecule has 1 atom stereocenters. The van der Waals surface area contributed by atoms with Crippen molar-refractivity contribution >= 4 is 0 Å². The fourth-order valence-electron chi connectivity index (χ4n) is 1.59. The normalized spacial score (nSPS) is 12.2. The summed E-state index contributed by atoms with van der Waals surface area (Å²) in [6.07, 6.45) is 1.41. The van der Waals surface area contributed by atoms with Crippen molar-refractivity contribution in [2.75, 3.05) is 27.4 Å². The second kappa shape index (κ2) is 7.95. The number of rotatable bonds is 8. The molecular formula is C14H22O4. The van der Waals surface area contributed by atoms with Crippen LogP contribution in [0.2, 0.25) is 0 Å². The predicted octanol–water partition coefficient (Wildman–Crippen LogP) is 2.55. The highest BCUT2D eigenvalue weighted by atomic mass is 16.5. The molecule has 0 saturated carbocycles. The van der Waals surface area contributed by atoms with Crippen molar-refractivity contribution in [2.24, 2.45) is 0 Å². The molecule has 0 aromatic heterocycles. The number of hydrogen-bond acceptors (Lipinski definition) is 4. The number of aliphatic hydroxyl groups is 1. The molecule has 1 aromatic rings. The fraction of sp³-hybridized carbons (Fsp3) is 0.571. The van der Waals surface area contributed by atoms with Crippen molar-refractivity contribution in [1.29, 1.82) is 0 Å². The van der Waals surface area contributed by atoms with Crippen LogP contribution in [0.25, 0.3) is 0 Å². The standard InChI is InChI=1S/C14H22O4/c1-11(15)12-6-7-13(14(10-12)17-3)18-9-5-4-8-16-2/h6-7,10-11,15H,4-5,8-9H2,1-3H3/t11-/m0/s1. The Bertz CT molecular complexity index is 350. The number of hydrogen-bond donors (Lipinski definition) is 1. The van der Waals surface area contributed by atoms with Crippen LogP contribution in [-0.4, -0.2) is 32.5 Å². The summed E-state index contributed by atoms with van der Waals surface area (Å²) in [4.78, 5) is 0. The first-order chi connectivity index (χ1) is 8.69. The van der Waals surface area contributed by atoms with E-state index in [0.29, 0.717) is 18.1 Å². The molecule has 4 heteroatoms. The van der Waals surface area contributed by atoms with Gasteiger partial charge in [0, 0.05) is 13.7 Å². The van der Waals surface area contributed by atoms with Crippen LogP contribution >= 0.6 is 0 Å². The molecule has 0 fully saturated rings. The van der Waals surface area contributed by atoms with E-state index >= 15 is 0 Å². The van der Waals surface area contributed by atoms with Crippen molar-refractivity contribution in [3.63, 3.8) is 0 Å². The van der Waals surface area contributed by atoms with E-state index in [1.807, 2.05) is 12.1 Å². The minimum absolute atomic E-state index is 0.505. The lowest BCUT2D eigenvalue weighted by atomic mass is 10.1. The summed E-state index contributed by atoms with van der Waals surface area (Å²) in [6.45, 7) is 3.11. The molecule has 0 aliphatic heterocycles. The third kappa shape index (κ3) is 4.55. The van der Waals surface area contributed by atoms with Gasteiger partial charge in [-0.05, 0) is 37.5 Å². The Balaban J connectivity index is 2.54. The Morgan fingerprint density at radius 2 is 1.83 bits per heavy atom. The van der Waals surface area contributed by atoms with Gasteiger partial charge in [-0.15, -0.1) is 0 Å². The van der Waals surface area contributed by atoms with Gasteiger partial charge >= 0.3 is 0 Å². The maximum atomic E-state index is 9.50. The Morgan fingerprint density at radius 1 is 1.11 bits per heavy atom. The second-order valence-electron chi connectivity index (χ2n) is 4.13. The summed E-state index contributed by atoms with van der Waals surface area (Å²) in [6, 6.07) is 5.48. The van der Waals surface area contributed by atoms with E-state index in [1.54, 1.807) is 27.2 Å². The average molecular weight is 254 g/mol. The summed E-state index contributed by atoms with van der Waals surface area (Å²) in [5.74, 6) is 1.36. The van der Waals surface area contributed by atoms with Gasteiger partial charge in [-0.2, -0.15) is 0 Å². The van der Waals surface area contributed by atoms with Gasteiger partial charge in [-0.25, -0.2) is 0 Å². The van der Waals surface area contributed by atoms with Crippen LogP contribution in [-0.2, 0) is 4.74 Å².